The van der Waals surface area contributed by atoms with Gasteiger partial charge in [0.1, 0.15) is 9.84 Å². The first-order chi connectivity index (χ1) is 7.83. The lowest BCUT2D eigenvalue weighted by molar-refractivity contribution is 0.139. The average molecular weight is 262 g/mol. The second-order valence-electron chi connectivity index (χ2n) is 5.38. The summed E-state index contributed by atoms with van der Waals surface area (Å²) in [7, 11) is -2.88. The van der Waals surface area contributed by atoms with Crippen LogP contribution in [0.15, 0.2) is 0 Å². The molecule has 1 saturated heterocycles. The fourth-order valence-corrected chi connectivity index (χ4v) is 3.50. The Morgan fingerprint density at radius 3 is 2.59 bits per heavy atom. The molecule has 4 nitrogen and oxygen atoms in total. The van der Waals surface area contributed by atoms with E-state index in [1.807, 2.05) is 6.92 Å². The Balaban J connectivity index is 2.54. The van der Waals surface area contributed by atoms with Gasteiger partial charge >= 0.3 is 0 Å². The smallest absolute Gasteiger partial charge is 0.148 e. The van der Waals surface area contributed by atoms with Crippen LogP contribution >= 0.6 is 0 Å². The molecule has 0 aromatic rings. The Hall–Kier alpha value is -0.130. The summed E-state index contributed by atoms with van der Waals surface area (Å²) in [5.74, 6) is 0.906. The summed E-state index contributed by atoms with van der Waals surface area (Å²) in [6.45, 7) is 9.34. The third kappa shape index (κ3) is 4.94. The summed E-state index contributed by atoms with van der Waals surface area (Å²) < 4.78 is 22.6. The maximum atomic E-state index is 11.3. The minimum absolute atomic E-state index is 0.124. The largest absolute Gasteiger partial charge is 0.311 e. The maximum absolute atomic E-state index is 11.3. The number of piperazine rings is 1. The van der Waals surface area contributed by atoms with Gasteiger partial charge in [0.25, 0.3) is 0 Å². The fourth-order valence-electron chi connectivity index (χ4n) is 2.41. The Bertz CT molecular complexity index is 329. The molecular weight excluding hydrogens is 236 g/mol. The van der Waals surface area contributed by atoms with Crippen molar-refractivity contribution in [2.45, 2.75) is 39.3 Å². The lowest BCUT2D eigenvalue weighted by Gasteiger charge is -2.39. The molecule has 0 amide bonds. The van der Waals surface area contributed by atoms with Crippen LogP contribution in [-0.4, -0.2) is 57.0 Å². The number of hydrogen-bond donors (Lipinski definition) is 1. The van der Waals surface area contributed by atoms with Crippen molar-refractivity contribution in [3.8, 4) is 0 Å². The minimum Gasteiger partial charge on any atom is -0.311 e. The SMILES string of the molecule is CCC(C)C1CN(C(C)CS(C)(=O)=O)CCN1. The molecule has 0 spiro atoms. The van der Waals surface area contributed by atoms with Gasteiger partial charge in [-0.05, 0) is 12.8 Å². The molecule has 5 heteroatoms. The molecule has 1 aliphatic heterocycles. The highest BCUT2D eigenvalue weighted by atomic mass is 32.2. The molecule has 0 saturated carbocycles. The number of nitrogens with one attached hydrogen (secondary N) is 1. The molecule has 1 fully saturated rings. The van der Waals surface area contributed by atoms with E-state index in [4.69, 9.17) is 0 Å². The van der Waals surface area contributed by atoms with Gasteiger partial charge in [0, 0.05) is 38.0 Å². The van der Waals surface area contributed by atoms with E-state index in [1.165, 1.54) is 6.26 Å². The third-order valence-corrected chi connectivity index (χ3v) is 4.82. The van der Waals surface area contributed by atoms with Crippen molar-refractivity contribution in [1.82, 2.24) is 10.2 Å². The van der Waals surface area contributed by atoms with E-state index < -0.39 is 9.84 Å². The van der Waals surface area contributed by atoms with Gasteiger partial charge in [-0.15, -0.1) is 0 Å². The molecule has 1 aliphatic rings. The molecule has 0 aromatic carbocycles. The molecule has 17 heavy (non-hydrogen) atoms. The zero-order valence-corrected chi connectivity index (χ0v) is 12.3. The summed E-state index contributed by atoms with van der Waals surface area (Å²) in [5.41, 5.74) is 0. The van der Waals surface area contributed by atoms with Gasteiger partial charge < -0.3 is 5.32 Å². The molecule has 102 valence electrons. The van der Waals surface area contributed by atoms with Crippen molar-refractivity contribution in [3.05, 3.63) is 0 Å². The lowest BCUT2D eigenvalue weighted by atomic mass is 9.97. The van der Waals surface area contributed by atoms with E-state index in [1.54, 1.807) is 0 Å². The van der Waals surface area contributed by atoms with Gasteiger partial charge in [0.05, 0.1) is 5.75 Å². The first kappa shape index (κ1) is 14.9. The second kappa shape index (κ2) is 6.16. The summed E-state index contributed by atoms with van der Waals surface area (Å²) in [6.07, 6.45) is 2.48. The minimum atomic E-state index is -2.88. The van der Waals surface area contributed by atoms with E-state index in [0.29, 0.717) is 12.0 Å². The normalized spacial score (nSPS) is 26.7. The lowest BCUT2D eigenvalue weighted by Crippen LogP contribution is -2.56. The molecule has 1 rings (SSSR count). The van der Waals surface area contributed by atoms with E-state index >= 15 is 0 Å². The van der Waals surface area contributed by atoms with Gasteiger partial charge in [-0.1, -0.05) is 20.3 Å². The van der Waals surface area contributed by atoms with Crippen LogP contribution in [0, 0.1) is 5.92 Å². The molecule has 0 aromatic heterocycles. The summed E-state index contributed by atoms with van der Waals surface area (Å²) in [4.78, 5) is 2.30. The molecule has 0 bridgehead atoms. The first-order valence-electron chi connectivity index (χ1n) is 6.48. The van der Waals surface area contributed by atoms with Gasteiger partial charge in [-0.3, -0.25) is 4.90 Å². The molecule has 3 unspecified atom stereocenters. The van der Waals surface area contributed by atoms with Gasteiger partial charge in [0.2, 0.25) is 0 Å². The van der Waals surface area contributed by atoms with Gasteiger partial charge in [0.15, 0.2) is 0 Å². The van der Waals surface area contributed by atoms with Crippen LogP contribution in [0.5, 0.6) is 0 Å². The van der Waals surface area contributed by atoms with Crippen molar-refractivity contribution in [2.75, 3.05) is 31.6 Å². The van der Waals surface area contributed by atoms with Crippen molar-refractivity contribution in [3.63, 3.8) is 0 Å². The number of rotatable bonds is 5. The van der Waals surface area contributed by atoms with Crippen molar-refractivity contribution in [1.29, 1.82) is 0 Å². The van der Waals surface area contributed by atoms with Crippen LogP contribution in [0.2, 0.25) is 0 Å². The fraction of sp³-hybridized carbons (Fsp3) is 1.00. The van der Waals surface area contributed by atoms with Crippen LogP contribution in [0.3, 0.4) is 0 Å². The van der Waals surface area contributed by atoms with Crippen molar-refractivity contribution >= 4 is 9.84 Å². The number of hydrogen-bond acceptors (Lipinski definition) is 4. The van der Waals surface area contributed by atoms with Gasteiger partial charge in [-0.2, -0.15) is 0 Å². The van der Waals surface area contributed by atoms with Crippen molar-refractivity contribution in [2.24, 2.45) is 5.92 Å². The second-order valence-corrected chi connectivity index (χ2v) is 7.57. The summed E-state index contributed by atoms with van der Waals surface area (Å²) >= 11 is 0. The predicted molar refractivity (Wildman–Crippen MR) is 72.0 cm³/mol. The Labute approximate surface area is 106 Å². The first-order valence-corrected chi connectivity index (χ1v) is 8.54. The monoisotopic (exact) mass is 262 g/mol. The zero-order chi connectivity index (χ0) is 13.1. The highest BCUT2D eigenvalue weighted by molar-refractivity contribution is 7.90. The number of sulfone groups is 1. The number of nitrogens with zero attached hydrogens (tertiary/aromatic N) is 1. The predicted octanol–water partition coefficient (Wildman–Crippen LogP) is 0.739. The molecule has 1 N–H and O–H groups in total. The molecule has 1 heterocycles. The standard InChI is InChI=1S/C12H26N2O2S/c1-5-10(2)12-8-14(7-6-13-12)11(3)9-17(4,15)16/h10-13H,5-9H2,1-4H3. The van der Waals surface area contributed by atoms with Crippen LogP contribution < -0.4 is 5.32 Å². The Morgan fingerprint density at radius 1 is 1.41 bits per heavy atom. The topological polar surface area (TPSA) is 49.4 Å². The Morgan fingerprint density at radius 2 is 2.06 bits per heavy atom. The Kier molecular flexibility index (Phi) is 5.41. The maximum Gasteiger partial charge on any atom is 0.148 e. The van der Waals surface area contributed by atoms with Crippen LogP contribution in [-0.2, 0) is 9.84 Å². The average Bonchev–Trinajstić information content (AvgIpc) is 2.26. The quantitative estimate of drug-likeness (QED) is 0.794. The molecule has 0 aliphatic carbocycles. The van der Waals surface area contributed by atoms with Gasteiger partial charge in [-0.25, -0.2) is 8.42 Å². The molecule has 0 radical (unpaired) electrons. The summed E-state index contributed by atoms with van der Waals surface area (Å²) in [6, 6.07) is 0.620. The van der Waals surface area contributed by atoms with E-state index in [9.17, 15) is 8.42 Å². The van der Waals surface area contributed by atoms with Crippen LogP contribution in [0.25, 0.3) is 0 Å². The molecule has 3 atom stereocenters. The van der Waals surface area contributed by atoms with E-state index in [-0.39, 0.29) is 11.8 Å². The third-order valence-electron chi connectivity index (χ3n) is 3.73. The highest BCUT2D eigenvalue weighted by Crippen LogP contribution is 2.14. The highest BCUT2D eigenvalue weighted by Gasteiger charge is 2.27. The van der Waals surface area contributed by atoms with Crippen molar-refractivity contribution < 1.29 is 8.42 Å². The molecular formula is C12H26N2O2S. The summed E-state index contributed by atoms with van der Waals surface area (Å²) in [5, 5.41) is 3.53. The van der Waals surface area contributed by atoms with Crippen LogP contribution in [0.4, 0.5) is 0 Å². The van der Waals surface area contributed by atoms with E-state index in [2.05, 4.69) is 24.1 Å². The van der Waals surface area contributed by atoms with E-state index in [0.717, 1.165) is 26.1 Å². The van der Waals surface area contributed by atoms with Crippen LogP contribution in [0.1, 0.15) is 27.2 Å². The zero-order valence-electron chi connectivity index (χ0n) is 11.4.